The highest BCUT2D eigenvalue weighted by atomic mass is 32.1. The molecule has 3 rings (SSSR count). The lowest BCUT2D eigenvalue weighted by Gasteiger charge is -2.11. The minimum absolute atomic E-state index is 0.00992. The fourth-order valence-corrected chi connectivity index (χ4v) is 3.33. The molecule has 1 unspecified atom stereocenters. The number of para-hydroxylation sites is 1. The lowest BCUT2D eigenvalue weighted by molar-refractivity contribution is 0.0939. The number of aromatic nitrogens is 1. The van der Waals surface area contributed by atoms with Crippen LogP contribution in [0.3, 0.4) is 0 Å². The van der Waals surface area contributed by atoms with Crippen molar-refractivity contribution in [2.75, 3.05) is 0 Å². The second-order valence-corrected chi connectivity index (χ2v) is 6.27. The summed E-state index contributed by atoms with van der Waals surface area (Å²) in [5.41, 5.74) is 6.97. The first-order chi connectivity index (χ1) is 10.7. The van der Waals surface area contributed by atoms with Gasteiger partial charge in [-0.1, -0.05) is 12.1 Å². The van der Waals surface area contributed by atoms with Crippen molar-refractivity contribution in [1.29, 1.82) is 0 Å². The number of benzene rings is 1. The number of fused-ring (bicyclic) bond motifs is 1. The summed E-state index contributed by atoms with van der Waals surface area (Å²) in [7, 11) is 0. The zero-order chi connectivity index (χ0) is 15.5. The summed E-state index contributed by atoms with van der Waals surface area (Å²) < 4.78 is 6.34. The molecule has 2 aromatic heterocycles. The van der Waals surface area contributed by atoms with E-state index in [2.05, 4.69) is 16.4 Å². The van der Waals surface area contributed by atoms with Gasteiger partial charge in [-0.25, -0.2) is 4.98 Å². The fourth-order valence-electron chi connectivity index (χ4n) is 2.23. The van der Waals surface area contributed by atoms with Crippen molar-refractivity contribution in [3.05, 3.63) is 52.9 Å². The SMILES string of the molecule is CC(Cc1nc2ccccc2s1)NC(=O)c1coc(CN)c1. The molecule has 0 aliphatic carbocycles. The Bertz CT molecular complexity index is 760. The van der Waals surface area contributed by atoms with Crippen molar-refractivity contribution in [3.8, 4) is 0 Å². The Morgan fingerprint density at radius 3 is 3.00 bits per heavy atom. The van der Waals surface area contributed by atoms with Gasteiger partial charge in [-0.15, -0.1) is 11.3 Å². The third kappa shape index (κ3) is 3.18. The number of nitrogens with two attached hydrogens (primary N) is 1. The van der Waals surface area contributed by atoms with Crippen LogP contribution in [0.15, 0.2) is 41.0 Å². The molecule has 2 heterocycles. The maximum Gasteiger partial charge on any atom is 0.254 e. The Kier molecular flexibility index (Phi) is 4.22. The van der Waals surface area contributed by atoms with E-state index in [-0.39, 0.29) is 18.5 Å². The first-order valence-corrected chi connectivity index (χ1v) is 7.90. The molecule has 1 aromatic carbocycles. The molecule has 22 heavy (non-hydrogen) atoms. The predicted octanol–water partition coefficient (Wildman–Crippen LogP) is 2.71. The van der Waals surface area contributed by atoms with Crippen LogP contribution in [0.1, 0.15) is 28.0 Å². The van der Waals surface area contributed by atoms with Crippen LogP contribution in [0.4, 0.5) is 0 Å². The summed E-state index contributed by atoms with van der Waals surface area (Å²) in [6.45, 7) is 2.25. The van der Waals surface area contributed by atoms with Crippen molar-refractivity contribution in [2.45, 2.75) is 25.9 Å². The number of nitrogens with zero attached hydrogens (tertiary/aromatic N) is 1. The predicted molar refractivity (Wildman–Crippen MR) is 86.9 cm³/mol. The van der Waals surface area contributed by atoms with E-state index in [0.717, 1.165) is 10.5 Å². The van der Waals surface area contributed by atoms with Gasteiger partial charge in [0.2, 0.25) is 0 Å². The van der Waals surface area contributed by atoms with Crippen LogP contribution >= 0.6 is 11.3 Å². The van der Waals surface area contributed by atoms with E-state index in [9.17, 15) is 4.79 Å². The van der Waals surface area contributed by atoms with Gasteiger partial charge in [-0.3, -0.25) is 4.79 Å². The maximum absolute atomic E-state index is 12.1. The van der Waals surface area contributed by atoms with Crippen LogP contribution in [0.25, 0.3) is 10.2 Å². The molecule has 0 aliphatic heterocycles. The van der Waals surface area contributed by atoms with Gasteiger partial charge < -0.3 is 15.5 Å². The second-order valence-electron chi connectivity index (χ2n) is 5.16. The molecule has 1 amide bonds. The van der Waals surface area contributed by atoms with Crippen LogP contribution in [0.2, 0.25) is 0 Å². The molecular formula is C16H17N3O2S. The molecule has 0 spiro atoms. The summed E-state index contributed by atoms with van der Waals surface area (Å²) in [6.07, 6.45) is 2.13. The summed E-state index contributed by atoms with van der Waals surface area (Å²) in [5.74, 6) is 0.445. The number of furan rings is 1. The highest BCUT2D eigenvalue weighted by Gasteiger charge is 2.14. The number of hydrogen-bond donors (Lipinski definition) is 2. The quantitative estimate of drug-likeness (QED) is 0.758. The van der Waals surface area contributed by atoms with Crippen LogP contribution in [-0.4, -0.2) is 16.9 Å². The monoisotopic (exact) mass is 315 g/mol. The van der Waals surface area contributed by atoms with Gasteiger partial charge >= 0.3 is 0 Å². The van der Waals surface area contributed by atoms with Gasteiger partial charge in [0.25, 0.3) is 5.91 Å². The Hall–Kier alpha value is -2.18. The van der Waals surface area contributed by atoms with E-state index in [1.54, 1.807) is 17.4 Å². The lowest BCUT2D eigenvalue weighted by atomic mass is 10.2. The number of amides is 1. The number of hydrogen-bond acceptors (Lipinski definition) is 5. The molecule has 6 heteroatoms. The first-order valence-electron chi connectivity index (χ1n) is 7.08. The molecule has 3 N–H and O–H groups in total. The van der Waals surface area contributed by atoms with Crippen molar-refractivity contribution < 1.29 is 9.21 Å². The van der Waals surface area contributed by atoms with Crippen LogP contribution in [0.5, 0.6) is 0 Å². The molecule has 0 aliphatic rings. The topological polar surface area (TPSA) is 81.2 Å². The zero-order valence-electron chi connectivity index (χ0n) is 12.2. The molecular weight excluding hydrogens is 298 g/mol. The van der Waals surface area contributed by atoms with E-state index >= 15 is 0 Å². The molecule has 0 radical (unpaired) electrons. The average Bonchev–Trinajstić information content (AvgIpc) is 3.12. The maximum atomic E-state index is 12.1. The number of carbonyl (C=O) groups excluding carboxylic acids is 1. The van der Waals surface area contributed by atoms with Gasteiger partial charge in [0.1, 0.15) is 12.0 Å². The molecule has 3 aromatic rings. The highest BCUT2D eigenvalue weighted by Crippen LogP contribution is 2.22. The molecule has 0 bridgehead atoms. The number of thiazole rings is 1. The van der Waals surface area contributed by atoms with Gasteiger partial charge in [0.05, 0.1) is 27.3 Å². The summed E-state index contributed by atoms with van der Waals surface area (Å²) >= 11 is 1.66. The van der Waals surface area contributed by atoms with Gasteiger partial charge in [-0.2, -0.15) is 0 Å². The number of carbonyl (C=O) groups is 1. The number of nitrogens with one attached hydrogen (secondary N) is 1. The molecule has 0 saturated heterocycles. The molecule has 5 nitrogen and oxygen atoms in total. The molecule has 0 fully saturated rings. The minimum atomic E-state index is -0.155. The molecule has 1 atom stereocenters. The van der Waals surface area contributed by atoms with Crippen LogP contribution in [-0.2, 0) is 13.0 Å². The fraction of sp³-hybridized carbons (Fsp3) is 0.250. The van der Waals surface area contributed by atoms with Crippen molar-refractivity contribution in [3.63, 3.8) is 0 Å². The Morgan fingerprint density at radius 1 is 1.45 bits per heavy atom. The summed E-state index contributed by atoms with van der Waals surface area (Å²) in [6, 6.07) is 9.69. The zero-order valence-corrected chi connectivity index (χ0v) is 13.0. The van der Waals surface area contributed by atoms with Gasteiger partial charge in [0.15, 0.2) is 0 Å². The lowest BCUT2D eigenvalue weighted by Crippen LogP contribution is -2.33. The van der Waals surface area contributed by atoms with Crippen molar-refractivity contribution in [1.82, 2.24) is 10.3 Å². The Morgan fingerprint density at radius 2 is 2.27 bits per heavy atom. The van der Waals surface area contributed by atoms with E-state index in [4.69, 9.17) is 10.2 Å². The van der Waals surface area contributed by atoms with Gasteiger partial charge in [0, 0.05) is 12.5 Å². The van der Waals surface area contributed by atoms with E-state index in [1.807, 2.05) is 25.1 Å². The van der Waals surface area contributed by atoms with E-state index in [1.165, 1.54) is 11.0 Å². The second kappa shape index (κ2) is 6.29. The van der Waals surface area contributed by atoms with Crippen LogP contribution < -0.4 is 11.1 Å². The largest absolute Gasteiger partial charge is 0.467 e. The van der Waals surface area contributed by atoms with E-state index in [0.29, 0.717) is 17.7 Å². The standard InChI is InChI=1S/C16H17N3O2S/c1-10(18-16(20)11-7-12(8-17)21-9-11)6-15-19-13-4-2-3-5-14(13)22-15/h2-5,7,9-10H,6,8,17H2,1H3,(H,18,20). The number of rotatable bonds is 5. The van der Waals surface area contributed by atoms with Crippen LogP contribution in [0, 0.1) is 0 Å². The first kappa shape index (κ1) is 14.7. The average molecular weight is 315 g/mol. The van der Waals surface area contributed by atoms with Crippen molar-refractivity contribution >= 4 is 27.5 Å². The minimum Gasteiger partial charge on any atom is -0.467 e. The normalized spacial score (nSPS) is 12.5. The van der Waals surface area contributed by atoms with Crippen molar-refractivity contribution in [2.24, 2.45) is 5.73 Å². The third-order valence-corrected chi connectivity index (χ3v) is 4.37. The third-order valence-electron chi connectivity index (χ3n) is 3.31. The summed E-state index contributed by atoms with van der Waals surface area (Å²) in [5, 5.41) is 3.97. The smallest absolute Gasteiger partial charge is 0.254 e. The highest BCUT2D eigenvalue weighted by molar-refractivity contribution is 7.18. The van der Waals surface area contributed by atoms with E-state index < -0.39 is 0 Å². The van der Waals surface area contributed by atoms with Gasteiger partial charge in [-0.05, 0) is 25.1 Å². The molecule has 0 saturated carbocycles. The molecule has 114 valence electrons. The Labute approximate surface area is 132 Å². The Balaban J connectivity index is 1.64. The summed E-state index contributed by atoms with van der Waals surface area (Å²) in [4.78, 5) is 16.7.